The zero-order valence-electron chi connectivity index (χ0n) is 11.5. The summed E-state index contributed by atoms with van der Waals surface area (Å²) in [6.07, 6.45) is 0.950. The fourth-order valence-electron chi connectivity index (χ4n) is 1.77. The van der Waals surface area contributed by atoms with Crippen molar-refractivity contribution in [2.75, 3.05) is 39.5 Å². The normalized spacial score (nSPS) is 10.7. The molecule has 0 aliphatic heterocycles. The molecular formula is C14H23N3O. The number of para-hydroxylation sites is 1. The Morgan fingerprint density at radius 3 is 2.39 bits per heavy atom. The molecule has 1 rings (SSSR count). The van der Waals surface area contributed by atoms with Crippen LogP contribution in [-0.2, 0) is 0 Å². The van der Waals surface area contributed by atoms with Crippen LogP contribution in [-0.4, -0.2) is 49.4 Å². The number of nitrogens with two attached hydrogens (primary N) is 1. The maximum atomic E-state index is 12.4. The molecule has 0 spiro atoms. The van der Waals surface area contributed by atoms with Gasteiger partial charge in [0.25, 0.3) is 5.91 Å². The monoisotopic (exact) mass is 249 g/mol. The van der Waals surface area contributed by atoms with Crippen molar-refractivity contribution in [3.05, 3.63) is 29.8 Å². The third kappa shape index (κ3) is 4.04. The summed E-state index contributed by atoms with van der Waals surface area (Å²) < 4.78 is 0. The van der Waals surface area contributed by atoms with Gasteiger partial charge in [0.2, 0.25) is 0 Å². The maximum absolute atomic E-state index is 12.4. The summed E-state index contributed by atoms with van der Waals surface area (Å²) in [7, 11) is 4.01. The molecular weight excluding hydrogens is 226 g/mol. The summed E-state index contributed by atoms with van der Waals surface area (Å²) in [6.45, 7) is 4.43. The van der Waals surface area contributed by atoms with Gasteiger partial charge in [-0.15, -0.1) is 0 Å². The largest absolute Gasteiger partial charge is 0.398 e. The number of hydrogen-bond donors (Lipinski definition) is 1. The highest BCUT2D eigenvalue weighted by Gasteiger charge is 2.16. The lowest BCUT2D eigenvalue weighted by Gasteiger charge is -2.24. The molecule has 2 N–H and O–H groups in total. The van der Waals surface area contributed by atoms with Crippen LogP contribution in [0.1, 0.15) is 23.7 Å². The number of nitrogens with zero attached hydrogens (tertiary/aromatic N) is 2. The number of amides is 1. The molecule has 0 unspecified atom stereocenters. The molecule has 4 nitrogen and oxygen atoms in total. The minimum atomic E-state index is 0.0248. The van der Waals surface area contributed by atoms with E-state index in [1.54, 1.807) is 12.1 Å². The summed E-state index contributed by atoms with van der Waals surface area (Å²) >= 11 is 0. The molecule has 0 saturated heterocycles. The number of likely N-dealkylation sites (N-methyl/N-ethyl adjacent to an activating group) is 1. The van der Waals surface area contributed by atoms with E-state index in [4.69, 9.17) is 5.73 Å². The van der Waals surface area contributed by atoms with Crippen LogP contribution in [0.2, 0.25) is 0 Å². The van der Waals surface area contributed by atoms with E-state index in [0.717, 1.165) is 26.1 Å². The smallest absolute Gasteiger partial charge is 0.255 e. The summed E-state index contributed by atoms with van der Waals surface area (Å²) in [5.41, 5.74) is 7.00. The highest BCUT2D eigenvalue weighted by atomic mass is 16.2. The highest BCUT2D eigenvalue weighted by molar-refractivity contribution is 5.99. The predicted molar refractivity (Wildman–Crippen MR) is 75.6 cm³/mol. The van der Waals surface area contributed by atoms with Crippen molar-refractivity contribution in [1.29, 1.82) is 0 Å². The second-order valence-electron chi connectivity index (χ2n) is 4.68. The van der Waals surface area contributed by atoms with Gasteiger partial charge in [-0.05, 0) is 32.6 Å². The number of benzene rings is 1. The van der Waals surface area contributed by atoms with Gasteiger partial charge in [0.1, 0.15) is 0 Å². The van der Waals surface area contributed by atoms with Crippen molar-refractivity contribution in [1.82, 2.24) is 9.80 Å². The van der Waals surface area contributed by atoms with Gasteiger partial charge in [-0.25, -0.2) is 0 Å². The molecule has 0 fully saturated rings. The van der Waals surface area contributed by atoms with Gasteiger partial charge in [0.15, 0.2) is 0 Å². The molecule has 0 aliphatic rings. The van der Waals surface area contributed by atoms with Crippen LogP contribution >= 0.6 is 0 Å². The third-order valence-electron chi connectivity index (χ3n) is 2.79. The van der Waals surface area contributed by atoms with E-state index in [1.807, 2.05) is 31.1 Å². The van der Waals surface area contributed by atoms with Crippen molar-refractivity contribution in [3.8, 4) is 0 Å². The lowest BCUT2D eigenvalue weighted by atomic mass is 10.1. The van der Waals surface area contributed by atoms with Gasteiger partial charge >= 0.3 is 0 Å². The predicted octanol–water partition coefficient (Wildman–Crippen LogP) is 1.68. The van der Waals surface area contributed by atoms with Gasteiger partial charge in [0.05, 0.1) is 5.56 Å². The Hall–Kier alpha value is -1.55. The quantitative estimate of drug-likeness (QED) is 0.780. The summed E-state index contributed by atoms with van der Waals surface area (Å²) in [4.78, 5) is 16.3. The second-order valence-corrected chi connectivity index (χ2v) is 4.68. The first-order chi connectivity index (χ1) is 8.56. The Morgan fingerprint density at radius 1 is 1.17 bits per heavy atom. The molecule has 4 heteroatoms. The Balaban J connectivity index is 2.79. The van der Waals surface area contributed by atoms with Gasteiger partial charge in [-0.1, -0.05) is 19.1 Å². The first-order valence-corrected chi connectivity index (χ1v) is 6.34. The minimum Gasteiger partial charge on any atom is -0.398 e. The number of anilines is 1. The van der Waals surface area contributed by atoms with Crippen molar-refractivity contribution < 1.29 is 4.79 Å². The minimum absolute atomic E-state index is 0.0248. The molecule has 0 atom stereocenters. The highest BCUT2D eigenvalue weighted by Crippen LogP contribution is 2.13. The number of carbonyl (C=O) groups is 1. The SMILES string of the molecule is CCCN(CCN(C)C)C(=O)c1ccccc1N. The summed E-state index contributed by atoms with van der Waals surface area (Å²) in [5, 5.41) is 0. The van der Waals surface area contributed by atoms with Gasteiger partial charge in [0, 0.05) is 25.3 Å². The van der Waals surface area contributed by atoms with Crippen molar-refractivity contribution in [3.63, 3.8) is 0 Å². The van der Waals surface area contributed by atoms with Crippen molar-refractivity contribution in [2.24, 2.45) is 0 Å². The molecule has 1 amide bonds. The molecule has 0 aliphatic carbocycles. The average molecular weight is 249 g/mol. The molecule has 18 heavy (non-hydrogen) atoms. The van der Waals surface area contributed by atoms with E-state index >= 15 is 0 Å². The van der Waals surface area contributed by atoms with Crippen LogP contribution in [0.3, 0.4) is 0 Å². The topological polar surface area (TPSA) is 49.6 Å². The molecule has 100 valence electrons. The van der Waals surface area contributed by atoms with E-state index in [0.29, 0.717) is 11.3 Å². The Labute approximate surface area is 109 Å². The summed E-state index contributed by atoms with van der Waals surface area (Å²) in [6, 6.07) is 7.25. The molecule has 1 aromatic carbocycles. The first kappa shape index (κ1) is 14.5. The number of carbonyl (C=O) groups excluding carboxylic acids is 1. The van der Waals surface area contributed by atoms with E-state index in [1.165, 1.54) is 0 Å². The number of hydrogen-bond acceptors (Lipinski definition) is 3. The maximum Gasteiger partial charge on any atom is 0.255 e. The average Bonchev–Trinajstić information content (AvgIpc) is 2.34. The standard InChI is InChI=1S/C14H23N3O/c1-4-9-17(11-10-16(2)3)14(18)12-7-5-6-8-13(12)15/h5-8H,4,9-11,15H2,1-3H3. The zero-order valence-corrected chi connectivity index (χ0v) is 11.5. The second kappa shape index (κ2) is 7.01. The zero-order chi connectivity index (χ0) is 13.5. The van der Waals surface area contributed by atoms with Crippen LogP contribution < -0.4 is 5.73 Å². The van der Waals surface area contributed by atoms with Gasteiger partial charge < -0.3 is 15.5 Å². The van der Waals surface area contributed by atoms with Gasteiger partial charge in [-0.2, -0.15) is 0 Å². The molecule has 0 saturated carbocycles. The fraction of sp³-hybridized carbons (Fsp3) is 0.500. The Morgan fingerprint density at radius 2 is 1.83 bits per heavy atom. The van der Waals surface area contributed by atoms with Crippen LogP contribution in [0.15, 0.2) is 24.3 Å². The first-order valence-electron chi connectivity index (χ1n) is 6.34. The van der Waals surface area contributed by atoms with E-state index in [9.17, 15) is 4.79 Å². The molecule has 0 aromatic heterocycles. The summed E-state index contributed by atoms with van der Waals surface area (Å²) in [5.74, 6) is 0.0248. The van der Waals surface area contributed by atoms with Gasteiger partial charge in [-0.3, -0.25) is 4.79 Å². The molecule has 1 aromatic rings. The fourth-order valence-corrected chi connectivity index (χ4v) is 1.77. The number of rotatable bonds is 6. The van der Waals surface area contributed by atoms with Crippen LogP contribution in [0.25, 0.3) is 0 Å². The number of nitrogen functional groups attached to an aromatic ring is 1. The van der Waals surface area contributed by atoms with E-state index in [-0.39, 0.29) is 5.91 Å². The Bertz CT molecular complexity index is 390. The van der Waals surface area contributed by atoms with E-state index in [2.05, 4.69) is 11.8 Å². The van der Waals surface area contributed by atoms with Crippen molar-refractivity contribution in [2.45, 2.75) is 13.3 Å². The van der Waals surface area contributed by atoms with E-state index < -0.39 is 0 Å². The lowest BCUT2D eigenvalue weighted by molar-refractivity contribution is 0.0746. The van der Waals surface area contributed by atoms with Crippen LogP contribution in [0, 0.1) is 0 Å². The van der Waals surface area contributed by atoms with Crippen LogP contribution in [0.4, 0.5) is 5.69 Å². The third-order valence-corrected chi connectivity index (χ3v) is 2.79. The Kier molecular flexibility index (Phi) is 5.65. The molecule has 0 bridgehead atoms. The van der Waals surface area contributed by atoms with Crippen LogP contribution in [0.5, 0.6) is 0 Å². The lowest BCUT2D eigenvalue weighted by Crippen LogP contribution is -2.37. The van der Waals surface area contributed by atoms with Crippen molar-refractivity contribution >= 4 is 11.6 Å². The molecule has 0 radical (unpaired) electrons. The molecule has 0 heterocycles.